The topological polar surface area (TPSA) is 33.0 Å². The Labute approximate surface area is 102 Å². The average molecular weight is 284 g/mol. The van der Waals surface area contributed by atoms with Crippen molar-refractivity contribution in [3.8, 4) is 6.07 Å². The first kappa shape index (κ1) is 11.6. The first-order chi connectivity index (χ1) is 7.63. The second kappa shape index (κ2) is 4.52. The molecule has 0 amide bonds. The lowest BCUT2D eigenvalue weighted by Gasteiger charge is -2.18. The molecule has 0 aliphatic carbocycles. The minimum atomic E-state index is -0.479. The van der Waals surface area contributed by atoms with Crippen LogP contribution < -0.4 is 0 Å². The highest BCUT2D eigenvalue weighted by molar-refractivity contribution is 9.10. The van der Waals surface area contributed by atoms with E-state index in [2.05, 4.69) is 22.0 Å². The number of nitrogens with zero attached hydrogens (tertiary/aromatic N) is 1. The summed E-state index contributed by atoms with van der Waals surface area (Å²) in [6.45, 7) is 1.06. The highest BCUT2D eigenvalue weighted by Gasteiger charge is 2.35. The maximum atomic E-state index is 13.2. The van der Waals surface area contributed by atoms with E-state index in [9.17, 15) is 9.65 Å². The van der Waals surface area contributed by atoms with Crippen LogP contribution in [0.2, 0.25) is 0 Å². The van der Waals surface area contributed by atoms with E-state index in [0.717, 1.165) is 12.0 Å². The third kappa shape index (κ3) is 2.42. The van der Waals surface area contributed by atoms with Gasteiger partial charge in [0.1, 0.15) is 5.82 Å². The van der Waals surface area contributed by atoms with Gasteiger partial charge in [0.15, 0.2) is 0 Å². The smallest absolute Gasteiger partial charge is 0.124 e. The van der Waals surface area contributed by atoms with Crippen molar-refractivity contribution < 1.29 is 9.13 Å². The first-order valence-corrected chi connectivity index (χ1v) is 5.87. The zero-order valence-corrected chi connectivity index (χ0v) is 10.3. The summed E-state index contributed by atoms with van der Waals surface area (Å²) in [7, 11) is 0. The summed E-state index contributed by atoms with van der Waals surface area (Å²) < 4.78 is 19.1. The number of ether oxygens (including phenoxy) is 1. The number of nitriles is 1. The van der Waals surface area contributed by atoms with Crippen molar-refractivity contribution >= 4 is 15.9 Å². The van der Waals surface area contributed by atoms with E-state index in [1.807, 2.05) is 6.07 Å². The SMILES string of the molecule is N#CC1(Cc2cc(F)cc(Br)c2)CCOC1. The van der Waals surface area contributed by atoms with Gasteiger partial charge in [-0.05, 0) is 36.6 Å². The molecule has 0 bridgehead atoms. The lowest BCUT2D eigenvalue weighted by Crippen LogP contribution is -2.21. The lowest BCUT2D eigenvalue weighted by atomic mass is 9.82. The summed E-state index contributed by atoms with van der Waals surface area (Å²) in [5.41, 5.74) is 0.353. The van der Waals surface area contributed by atoms with Crippen LogP contribution in [-0.4, -0.2) is 13.2 Å². The van der Waals surface area contributed by atoms with Crippen molar-refractivity contribution in [2.75, 3.05) is 13.2 Å². The molecule has 4 heteroatoms. The Morgan fingerprint density at radius 1 is 1.50 bits per heavy atom. The predicted molar refractivity (Wildman–Crippen MR) is 61.3 cm³/mol. The van der Waals surface area contributed by atoms with Gasteiger partial charge in [-0.25, -0.2) is 4.39 Å². The van der Waals surface area contributed by atoms with Gasteiger partial charge in [0.2, 0.25) is 0 Å². The van der Waals surface area contributed by atoms with E-state index in [0.29, 0.717) is 24.1 Å². The number of hydrogen-bond acceptors (Lipinski definition) is 2. The van der Waals surface area contributed by atoms with Crippen LogP contribution in [0.15, 0.2) is 22.7 Å². The molecule has 84 valence electrons. The van der Waals surface area contributed by atoms with Gasteiger partial charge in [0.25, 0.3) is 0 Å². The molecule has 1 aromatic rings. The fourth-order valence-corrected chi connectivity index (χ4v) is 2.49. The number of benzene rings is 1. The molecule has 1 aromatic carbocycles. The van der Waals surface area contributed by atoms with Gasteiger partial charge in [-0.1, -0.05) is 15.9 Å². The molecule has 1 heterocycles. The van der Waals surface area contributed by atoms with Crippen LogP contribution in [0, 0.1) is 22.6 Å². The van der Waals surface area contributed by atoms with E-state index in [1.165, 1.54) is 12.1 Å². The highest BCUT2D eigenvalue weighted by atomic mass is 79.9. The minimum Gasteiger partial charge on any atom is -0.380 e. The van der Waals surface area contributed by atoms with E-state index in [-0.39, 0.29) is 5.82 Å². The molecule has 1 saturated heterocycles. The van der Waals surface area contributed by atoms with Crippen LogP contribution in [0.1, 0.15) is 12.0 Å². The van der Waals surface area contributed by atoms with Crippen LogP contribution in [0.4, 0.5) is 4.39 Å². The summed E-state index contributed by atoms with van der Waals surface area (Å²) in [6.07, 6.45) is 1.26. The monoisotopic (exact) mass is 283 g/mol. The van der Waals surface area contributed by atoms with Crippen molar-refractivity contribution in [3.05, 3.63) is 34.1 Å². The van der Waals surface area contributed by atoms with E-state index in [1.54, 1.807) is 0 Å². The van der Waals surface area contributed by atoms with Crippen molar-refractivity contribution in [1.29, 1.82) is 5.26 Å². The second-order valence-corrected chi connectivity index (χ2v) is 5.06. The molecule has 1 aliphatic heterocycles. The largest absolute Gasteiger partial charge is 0.380 e. The van der Waals surface area contributed by atoms with Crippen molar-refractivity contribution in [2.45, 2.75) is 12.8 Å². The Morgan fingerprint density at radius 2 is 2.31 bits per heavy atom. The highest BCUT2D eigenvalue weighted by Crippen LogP contribution is 2.32. The molecular formula is C12H11BrFNO. The Kier molecular flexibility index (Phi) is 3.27. The zero-order chi connectivity index (χ0) is 11.6. The fourth-order valence-electron chi connectivity index (χ4n) is 1.98. The Morgan fingerprint density at radius 3 is 2.88 bits per heavy atom. The lowest BCUT2D eigenvalue weighted by molar-refractivity contribution is 0.171. The van der Waals surface area contributed by atoms with Crippen LogP contribution in [0.3, 0.4) is 0 Å². The third-order valence-electron chi connectivity index (χ3n) is 2.81. The van der Waals surface area contributed by atoms with Gasteiger partial charge in [-0.15, -0.1) is 0 Å². The minimum absolute atomic E-state index is 0.281. The molecule has 0 saturated carbocycles. The maximum Gasteiger partial charge on any atom is 0.124 e. The van der Waals surface area contributed by atoms with Gasteiger partial charge in [0, 0.05) is 11.1 Å². The molecular weight excluding hydrogens is 273 g/mol. The summed E-state index contributed by atoms with van der Waals surface area (Å²) in [4.78, 5) is 0. The molecule has 2 rings (SSSR count). The molecule has 1 unspecified atom stereocenters. The van der Waals surface area contributed by atoms with E-state index in [4.69, 9.17) is 4.74 Å². The van der Waals surface area contributed by atoms with E-state index < -0.39 is 5.41 Å². The third-order valence-corrected chi connectivity index (χ3v) is 3.26. The second-order valence-electron chi connectivity index (χ2n) is 4.15. The molecule has 0 radical (unpaired) electrons. The summed E-state index contributed by atoms with van der Waals surface area (Å²) in [5.74, 6) is -0.281. The zero-order valence-electron chi connectivity index (χ0n) is 8.67. The van der Waals surface area contributed by atoms with Gasteiger partial charge < -0.3 is 4.74 Å². The molecule has 1 atom stereocenters. The first-order valence-electron chi connectivity index (χ1n) is 5.08. The van der Waals surface area contributed by atoms with E-state index >= 15 is 0 Å². The van der Waals surface area contributed by atoms with Gasteiger partial charge in [-0.3, -0.25) is 0 Å². The maximum absolute atomic E-state index is 13.2. The molecule has 0 aromatic heterocycles. The Balaban J connectivity index is 2.23. The Bertz CT molecular complexity index is 415. The summed E-state index contributed by atoms with van der Waals surface area (Å²) in [5, 5.41) is 9.18. The van der Waals surface area contributed by atoms with Crippen molar-refractivity contribution in [1.82, 2.24) is 0 Å². The van der Waals surface area contributed by atoms with Crippen LogP contribution in [-0.2, 0) is 11.2 Å². The quantitative estimate of drug-likeness (QED) is 0.836. The number of rotatable bonds is 2. The molecule has 1 aliphatic rings. The van der Waals surface area contributed by atoms with Crippen LogP contribution in [0.25, 0.3) is 0 Å². The Hall–Kier alpha value is -0.920. The number of hydrogen-bond donors (Lipinski definition) is 0. The fraction of sp³-hybridized carbons (Fsp3) is 0.417. The van der Waals surface area contributed by atoms with Crippen molar-refractivity contribution in [2.24, 2.45) is 5.41 Å². The average Bonchev–Trinajstić information content (AvgIpc) is 2.65. The van der Waals surface area contributed by atoms with Crippen LogP contribution in [0.5, 0.6) is 0 Å². The van der Waals surface area contributed by atoms with Gasteiger partial charge >= 0.3 is 0 Å². The summed E-state index contributed by atoms with van der Waals surface area (Å²) in [6, 6.07) is 7.03. The van der Waals surface area contributed by atoms with Gasteiger partial charge in [-0.2, -0.15) is 5.26 Å². The molecule has 1 fully saturated rings. The molecule has 0 N–H and O–H groups in total. The summed E-state index contributed by atoms with van der Waals surface area (Å²) >= 11 is 3.25. The standard InChI is InChI=1S/C12H11BrFNO/c13-10-3-9(4-11(14)5-10)6-12(7-15)1-2-16-8-12/h3-5H,1-2,6,8H2. The van der Waals surface area contributed by atoms with Gasteiger partial charge in [0.05, 0.1) is 18.1 Å². The van der Waals surface area contributed by atoms with Crippen molar-refractivity contribution in [3.63, 3.8) is 0 Å². The predicted octanol–water partition coefficient (Wildman–Crippen LogP) is 3.06. The molecule has 2 nitrogen and oxygen atoms in total. The molecule has 0 spiro atoms. The molecule has 16 heavy (non-hydrogen) atoms. The van der Waals surface area contributed by atoms with Crippen LogP contribution >= 0.6 is 15.9 Å². The number of halogens is 2. The normalized spacial score (nSPS) is 24.3.